The summed E-state index contributed by atoms with van der Waals surface area (Å²) in [5.41, 5.74) is 0.570. The maximum absolute atomic E-state index is 13.8. The molecule has 2 heterocycles. The zero-order valence-corrected chi connectivity index (χ0v) is 21.4. The highest BCUT2D eigenvalue weighted by molar-refractivity contribution is 7.93. The van der Waals surface area contributed by atoms with Gasteiger partial charge in [-0.1, -0.05) is 12.5 Å². The second-order valence-corrected chi connectivity index (χ2v) is 12.0. The minimum absolute atomic E-state index is 0.0403. The molecular weight excluding hydrogens is 507 g/mol. The molecule has 0 spiro atoms. The van der Waals surface area contributed by atoms with E-state index in [1.54, 1.807) is 28.0 Å². The Morgan fingerprint density at radius 1 is 0.973 bits per heavy atom. The van der Waals surface area contributed by atoms with E-state index in [0.29, 0.717) is 23.4 Å². The normalized spacial score (nSPS) is 21.5. The van der Waals surface area contributed by atoms with E-state index in [9.17, 15) is 31.2 Å². The van der Waals surface area contributed by atoms with E-state index in [0.717, 1.165) is 35.7 Å². The Balaban J connectivity index is 1.65. The number of nitrogens with zero attached hydrogens (tertiary/aromatic N) is 3. The lowest BCUT2D eigenvalue weighted by Crippen LogP contribution is -2.53. The first-order valence-corrected chi connectivity index (χ1v) is 14.0. The van der Waals surface area contributed by atoms with Crippen LogP contribution >= 0.6 is 0 Å². The Bertz CT molecular complexity index is 1370. The molecule has 1 atom stereocenters. The lowest BCUT2D eigenvalue weighted by molar-refractivity contribution is -0.137. The molecule has 2 amide bonds. The first-order valence-electron chi connectivity index (χ1n) is 12.3. The van der Waals surface area contributed by atoms with Crippen LogP contribution in [0.25, 0.3) is 11.1 Å². The van der Waals surface area contributed by atoms with Gasteiger partial charge in [-0.25, -0.2) is 8.42 Å². The molecule has 0 aromatic heterocycles. The van der Waals surface area contributed by atoms with Crippen LogP contribution in [0.15, 0.2) is 36.4 Å². The van der Waals surface area contributed by atoms with Gasteiger partial charge in [0, 0.05) is 25.9 Å². The number of carbonyl (C=O) groups is 2. The summed E-state index contributed by atoms with van der Waals surface area (Å²) >= 11 is 0. The Labute approximate surface area is 213 Å². The van der Waals surface area contributed by atoms with Crippen LogP contribution in [0.3, 0.4) is 0 Å². The van der Waals surface area contributed by atoms with Crippen LogP contribution in [-0.4, -0.2) is 45.1 Å². The van der Waals surface area contributed by atoms with Crippen molar-refractivity contribution in [3.63, 3.8) is 0 Å². The molecule has 0 bridgehead atoms. The summed E-state index contributed by atoms with van der Waals surface area (Å²) in [4.78, 5) is 29.0. The van der Waals surface area contributed by atoms with Gasteiger partial charge in [0.05, 0.1) is 34.4 Å². The number of anilines is 3. The van der Waals surface area contributed by atoms with Crippen LogP contribution in [0.2, 0.25) is 0 Å². The van der Waals surface area contributed by atoms with Gasteiger partial charge in [-0.3, -0.25) is 13.9 Å². The first-order chi connectivity index (χ1) is 17.4. The highest BCUT2D eigenvalue weighted by Gasteiger charge is 2.38. The average molecular weight is 536 g/mol. The minimum atomic E-state index is -4.68. The molecule has 5 rings (SSSR count). The zero-order valence-electron chi connectivity index (χ0n) is 20.6. The molecule has 1 saturated carbocycles. The topological polar surface area (TPSA) is 78.0 Å². The fourth-order valence-corrected chi connectivity index (χ4v) is 6.93. The van der Waals surface area contributed by atoms with E-state index in [4.69, 9.17) is 0 Å². The molecule has 2 fully saturated rings. The maximum Gasteiger partial charge on any atom is 0.416 e. The molecule has 3 aliphatic rings. The van der Waals surface area contributed by atoms with Gasteiger partial charge in [0.2, 0.25) is 21.8 Å². The van der Waals surface area contributed by atoms with Gasteiger partial charge >= 0.3 is 6.18 Å². The summed E-state index contributed by atoms with van der Waals surface area (Å²) in [6, 6.07) is 7.90. The molecule has 1 aliphatic carbocycles. The Morgan fingerprint density at radius 2 is 1.70 bits per heavy atom. The highest BCUT2D eigenvalue weighted by Crippen LogP contribution is 2.43. The summed E-state index contributed by atoms with van der Waals surface area (Å²) < 4.78 is 67.5. The third kappa shape index (κ3) is 4.58. The van der Waals surface area contributed by atoms with Crippen molar-refractivity contribution in [1.82, 2.24) is 0 Å². The first kappa shape index (κ1) is 25.6. The summed E-state index contributed by atoms with van der Waals surface area (Å²) in [6.07, 6.45) is -1.80. The van der Waals surface area contributed by atoms with Crippen LogP contribution in [0.1, 0.15) is 45.1 Å². The number of benzene rings is 2. The third-order valence-electron chi connectivity index (χ3n) is 7.44. The second kappa shape index (κ2) is 9.04. The number of halogens is 3. The van der Waals surface area contributed by atoms with Crippen LogP contribution in [0.5, 0.6) is 0 Å². The van der Waals surface area contributed by atoms with E-state index in [-0.39, 0.29) is 53.9 Å². The molecule has 0 N–H and O–H groups in total. The second-order valence-electron chi connectivity index (χ2n) is 10.0. The molecule has 7 nitrogen and oxygen atoms in total. The number of alkyl halides is 3. The van der Waals surface area contributed by atoms with E-state index in [2.05, 4.69) is 0 Å². The summed E-state index contributed by atoms with van der Waals surface area (Å²) in [5.74, 6) is -0.465. The average Bonchev–Trinajstić information content (AvgIpc) is 3.14. The van der Waals surface area contributed by atoms with E-state index in [1.165, 1.54) is 13.0 Å². The number of hydrogen-bond acceptors (Lipinski definition) is 4. The number of sulfonamides is 1. The van der Waals surface area contributed by atoms with Gasteiger partial charge in [-0.05, 0) is 67.6 Å². The molecule has 11 heteroatoms. The summed E-state index contributed by atoms with van der Waals surface area (Å²) in [7, 11) is -3.70. The lowest BCUT2D eigenvalue weighted by atomic mass is 9.84. The van der Waals surface area contributed by atoms with Crippen molar-refractivity contribution in [3.8, 4) is 11.1 Å². The van der Waals surface area contributed by atoms with Crippen molar-refractivity contribution in [3.05, 3.63) is 42.0 Å². The Morgan fingerprint density at radius 3 is 2.27 bits per heavy atom. The van der Waals surface area contributed by atoms with Crippen LogP contribution in [0, 0.1) is 5.92 Å². The SMILES string of the molecule is CC(=O)N1c2ccc(-c3cc(N4CCCS4(=O)=O)cc(C(F)(F)F)c3)cc2N(C(=O)C2CCC2)CC1C. The molecule has 1 saturated heterocycles. The largest absolute Gasteiger partial charge is 0.416 e. The van der Waals surface area contributed by atoms with Crippen molar-refractivity contribution >= 4 is 38.9 Å². The van der Waals surface area contributed by atoms with Gasteiger partial charge in [0.25, 0.3) is 0 Å². The number of fused-ring (bicyclic) bond motifs is 1. The smallest absolute Gasteiger partial charge is 0.308 e. The molecule has 37 heavy (non-hydrogen) atoms. The van der Waals surface area contributed by atoms with Crippen molar-refractivity contribution in [1.29, 1.82) is 0 Å². The van der Waals surface area contributed by atoms with Crippen molar-refractivity contribution in [2.75, 3.05) is 32.9 Å². The molecule has 0 radical (unpaired) electrons. The fraction of sp³-hybridized carbons (Fsp3) is 0.462. The van der Waals surface area contributed by atoms with Crippen LogP contribution < -0.4 is 14.1 Å². The maximum atomic E-state index is 13.8. The van der Waals surface area contributed by atoms with E-state index in [1.807, 2.05) is 6.92 Å². The van der Waals surface area contributed by atoms with Gasteiger partial charge in [-0.15, -0.1) is 0 Å². The number of carbonyl (C=O) groups excluding carboxylic acids is 2. The van der Waals surface area contributed by atoms with Crippen molar-refractivity contribution < 1.29 is 31.2 Å². The standard InChI is InChI=1S/C26H28F3N3O4S/c1-16-15-30(25(34)18-5-3-6-18)24-13-19(7-8-23(24)32(16)17(2)33)20-11-21(26(27,28)29)14-22(12-20)31-9-4-10-37(31,35)36/h7-8,11-14,16,18H,3-6,9-10,15H2,1-2H3. The lowest BCUT2D eigenvalue weighted by Gasteiger charge is -2.43. The monoisotopic (exact) mass is 535 g/mol. The van der Waals surface area contributed by atoms with E-state index >= 15 is 0 Å². The molecule has 2 aromatic rings. The fourth-order valence-electron chi connectivity index (χ4n) is 5.38. The minimum Gasteiger partial charge on any atom is -0.308 e. The predicted octanol–water partition coefficient (Wildman–Crippen LogP) is 4.80. The van der Waals surface area contributed by atoms with Crippen molar-refractivity contribution in [2.45, 2.75) is 51.7 Å². The van der Waals surface area contributed by atoms with Crippen LogP contribution in [0.4, 0.5) is 30.2 Å². The third-order valence-corrected chi connectivity index (χ3v) is 9.31. The van der Waals surface area contributed by atoms with Gasteiger partial charge in [-0.2, -0.15) is 13.2 Å². The molecule has 2 aliphatic heterocycles. The van der Waals surface area contributed by atoms with Gasteiger partial charge in [0.1, 0.15) is 0 Å². The number of amides is 2. The predicted molar refractivity (Wildman–Crippen MR) is 135 cm³/mol. The quantitative estimate of drug-likeness (QED) is 0.566. The molecule has 198 valence electrons. The Kier molecular flexibility index (Phi) is 6.24. The van der Waals surface area contributed by atoms with Crippen molar-refractivity contribution in [2.24, 2.45) is 5.92 Å². The molecule has 1 unspecified atom stereocenters. The Hall–Kier alpha value is -3.08. The number of rotatable bonds is 3. The summed E-state index contributed by atoms with van der Waals surface area (Å²) in [6.45, 7) is 3.69. The zero-order chi connectivity index (χ0) is 26.7. The summed E-state index contributed by atoms with van der Waals surface area (Å²) in [5, 5.41) is 0. The van der Waals surface area contributed by atoms with E-state index < -0.39 is 21.8 Å². The van der Waals surface area contributed by atoms with Gasteiger partial charge in [0.15, 0.2) is 0 Å². The molecule has 2 aromatic carbocycles. The highest BCUT2D eigenvalue weighted by atomic mass is 32.2. The number of hydrogen-bond donors (Lipinski definition) is 0. The molecular formula is C26H28F3N3O4S. The van der Waals surface area contributed by atoms with Gasteiger partial charge < -0.3 is 9.80 Å². The van der Waals surface area contributed by atoms with Crippen LogP contribution in [-0.2, 0) is 25.8 Å².